The van der Waals surface area contributed by atoms with Crippen LogP contribution in [0.4, 0.5) is 0 Å². The van der Waals surface area contributed by atoms with Crippen LogP contribution in [0.15, 0.2) is 0 Å². The Hall–Kier alpha value is -0.650. The first-order valence-electron chi connectivity index (χ1n) is 11.5. The van der Waals surface area contributed by atoms with Gasteiger partial charge < -0.3 is 10.4 Å². The minimum absolute atomic E-state index is 0.149. The second-order valence-electron chi connectivity index (χ2n) is 8.77. The van der Waals surface area contributed by atoms with Crippen LogP contribution in [0.5, 0.6) is 0 Å². The van der Waals surface area contributed by atoms with E-state index in [1.165, 1.54) is 51.5 Å². The van der Waals surface area contributed by atoms with Crippen LogP contribution in [0.3, 0.4) is 0 Å². The third-order valence-electron chi connectivity index (χ3n) is 6.43. The van der Waals surface area contributed by atoms with E-state index in [-0.39, 0.29) is 11.8 Å². The summed E-state index contributed by atoms with van der Waals surface area (Å²) in [6.07, 6.45) is 11.5. The Morgan fingerprint density at radius 3 is 2.59 bits per heavy atom. The minimum Gasteiger partial charge on any atom is -0.390 e. The molecule has 2 atom stereocenters. The highest BCUT2D eigenvalue weighted by molar-refractivity contribution is 5.78. The number of piperidine rings is 1. The number of nitrogens with zero attached hydrogens (tertiary/aromatic N) is 2. The molecule has 1 saturated heterocycles. The summed E-state index contributed by atoms with van der Waals surface area (Å²) in [5.41, 5.74) is 0. The number of aliphatic hydroxyl groups is 1. The molecule has 158 valence electrons. The SMILES string of the molecule is CCCCN(CCN1CCCCC1C)CC(O)CNC(=O)C1CCCCC1. The molecular formula is C22H43N3O2. The first kappa shape index (κ1) is 22.6. The standard InChI is InChI=1S/C22H43N3O2/c1-3-4-13-24(15-16-25-14-9-8-10-19(25)2)18-21(26)17-23-22(27)20-11-6-5-7-12-20/h19-21,26H,3-18H2,1-2H3,(H,23,27). The van der Waals surface area contributed by atoms with Crippen molar-refractivity contribution >= 4 is 5.91 Å². The summed E-state index contributed by atoms with van der Waals surface area (Å²) in [7, 11) is 0. The number of rotatable bonds is 11. The van der Waals surface area contributed by atoms with E-state index in [9.17, 15) is 9.90 Å². The molecule has 1 heterocycles. The predicted octanol–water partition coefficient (Wildman–Crippen LogP) is 3.02. The Morgan fingerprint density at radius 1 is 1.15 bits per heavy atom. The van der Waals surface area contributed by atoms with Gasteiger partial charge >= 0.3 is 0 Å². The van der Waals surface area contributed by atoms with E-state index in [0.717, 1.165) is 38.9 Å². The Bertz CT molecular complexity index is 412. The number of carbonyl (C=O) groups excluding carboxylic acids is 1. The second-order valence-corrected chi connectivity index (χ2v) is 8.77. The molecule has 2 rings (SSSR count). The van der Waals surface area contributed by atoms with Gasteiger partial charge in [0.1, 0.15) is 0 Å². The molecule has 2 fully saturated rings. The Kier molecular flexibility index (Phi) is 10.7. The smallest absolute Gasteiger partial charge is 0.223 e. The lowest BCUT2D eigenvalue weighted by Gasteiger charge is -2.35. The molecular weight excluding hydrogens is 338 g/mol. The first-order chi connectivity index (χ1) is 13.1. The van der Waals surface area contributed by atoms with Crippen LogP contribution in [0.25, 0.3) is 0 Å². The summed E-state index contributed by atoms with van der Waals surface area (Å²) in [6.45, 7) is 9.95. The van der Waals surface area contributed by atoms with E-state index in [0.29, 0.717) is 19.1 Å². The summed E-state index contributed by atoms with van der Waals surface area (Å²) in [4.78, 5) is 17.3. The number of aliphatic hydroxyl groups excluding tert-OH is 1. The van der Waals surface area contributed by atoms with E-state index in [4.69, 9.17) is 0 Å². The Morgan fingerprint density at radius 2 is 1.89 bits per heavy atom. The molecule has 0 spiro atoms. The second kappa shape index (κ2) is 12.7. The Balaban J connectivity index is 1.71. The number of likely N-dealkylation sites (tertiary alicyclic amines) is 1. The molecule has 0 bridgehead atoms. The van der Waals surface area contributed by atoms with Gasteiger partial charge in [-0.05, 0) is 52.1 Å². The van der Waals surface area contributed by atoms with Crippen LogP contribution >= 0.6 is 0 Å². The van der Waals surface area contributed by atoms with Crippen molar-refractivity contribution in [3.8, 4) is 0 Å². The maximum absolute atomic E-state index is 12.3. The molecule has 5 heteroatoms. The van der Waals surface area contributed by atoms with E-state index in [1.54, 1.807) is 0 Å². The molecule has 1 amide bonds. The van der Waals surface area contributed by atoms with E-state index < -0.39 is 6.10 Å². The molecule has 0 aromatic carbocycles. The highest BCUT2D eigenvalue weighted by Crippen LogP contribution is 2.23. The third-order valence-corrected chi connectivity index (χ3v) is 6.43. The van der Waals surface area contributed by atoms with Crippen molar-refractivity contribution in [2.75, 3.05) is 39.3 Å². The molecule has 1 aliphatic heterocycles. The molecule has 0 aromatic rings. The van der Waals surface area contributed by atoms with Crippen LogP contribution in [0.1, 0.15) is 78.1 Å². The zero-order valence-corrected chi connectivity index (χ0v) is 17.8. The van der Waals surface area contributed by atoms with Crippen molar-refractivity contribution in [1.29, 1.82) is 0 Å². The number of carbonyl (C=O) groups is 1. The summed E-state index contributed by atoms with van der Waals surface area (Å²) in [5.74, 6) is 0.318. The molecule has 1 aliphatic carbocycles. The number of nitrogens with one attached hydrogen (secondary N) is 1. The first-order valence-corrected chi connectivity index (χ1v) is 11.5. The molecule has 0 radical (unpaired) electrons. The van der Waals surface area contributed by atoms with Gasteiger partial charge in [-0.2, -0.15) is 0 Å². The minimum atomic E-state index is -0.479. The van der Waals surface area contributed by atoms with Gasteiger partial charge in [0.05, 0.1) is 6.10 Å². The zero-order chi connectivity index (χ0) is 19.5. The van der Waals surface area contributed by atoms with Crippen molar-refractivity contribution < 1.29 is 9.90 Å². The highest BCUT2D eigenvalue weighted by atomic mass is 16.3. The van der Waals surface area contributed by atoms with Gasteiger partial charge in [0, 0.05) is 38.1 Å². The van der Waals surface area contributed by atoms with Gasteiger partial charge in [0.25, 0.3) is 0 Å². The van der Waals surface area contributed by atoms with Gasteiger partial charge in [-0.1, -0.05) is 39.0 Å². The van der Waals surface area contributed by atoms with Crippen molar-refractivity contribution in [1.82, 2.24) is 15.1 Å². The maximum atomic E-state index is 12.3. The van der Waals surface area contributed by atoms with Gasteiger partial charge in [-0.3, -0.25) is 14.6 Å². The normalized spacial score (nSPS) is 23.5. The monoisotopic (exact) mass is 381 g/mol. The number of hydrogen-bond acceptors (Lipinski definition) is 4. The van der Waals surface area contributed by atoms with E-state index >= 15 is 0 Å². The molecule has 2 N–H and O–H groups in total. The zero-order valence-electron chi connectivity index (χ0n) is 17.8. The molecule has 27 heavy (non-hydrogen) atoms. The Labute approximate surface area is 166 Å². The van der Waals surface area contributed by atoms with Crippen molar-refractivity contribution in [3.05, 3.63) is 0 Å². The number of hydrogen-bond donors (Lipinski definition) is 2. The lowest BCUT2D eigenvalue weighted by Crippen LogP contribution is -2.46. The predicted molar refractivity (Wildman–Crippen MR) is 112 cm³/mol. The van der Waals surface area contributed by atoms with Crippen LogP contribution in [-0.2, 0) is 4.79 Å². The van der Waals surface area contributed by atoms with Crippen LogP contribution in [0.2, 0.25) is 0 Å². The summed E-state index contributed by atoms with van der Waals surface area (Å²) >= 11 is 0. The largest absolute Gasteiger partial charge is 0.390 e. The number of unbranched alkanes of at least 4 members (excludes halogenated alkanes) is 1. The lowest BCUT2D eigenvalue weighted by molar-refractivity contribution is -0.126. The van der Waals surface area contributed by atoms with Crippen molar-refractivity contribution in [2.45, 2.75) is 90.2 Å². The average molecular weight is 382 g/mol. The molecule has 0 aromatic heterocycles. The molecule has 5 nitrogen and oxygen atoms in total. The van der Waals surface area contributed by atoms with Crippen LogP contribution in [-0.4, -0.2) is 72.2 Å². The van der Waals surface area contributed by atoms with E-state index in [2.05, 4.69) is 29.0 Å². The van der Waals surface area contributed by atoms with Gasteiger partial charge in [-0.15, -0.1) is 0 Å². The summed E-state index contributed by atoms with van der Waals surface area (Å²) < 4.78 is 0. The maximum Gasteiger partial charge on any atom is 0.223 e. The van der Waals surface area contributed by atoms with Gasteiger partial charge in [0.2, 0.25) is 5.91 Å². The van der Waals surface area contributed by atoms with Crippen LogP contribution < -0.4 is 5.32 Å². The van der Waals surface area contributed by atoms with Gasteiger partial charge in [-0.25, -0.2) is 0 Å². The molecule has 2 unspecified atom stereocenters. The topological polar surface area (TPSA) is 55.8 Å². The fraction of sp³-hybridized carbons (Fsp3) is 0.955. The highest BCUT2D eigenvalue weighted by Gasteiger charge is 2.22. The van der Waals surface area contributed by atoms with E-state index in [1.807, 2.05) is 0 Å². The summed E-state index contributed by atoms with van der Waals surface area (Å²) in [6, 6.07) is 0.687. The molecule has 1 saturated carbocycles. The third kappa shape index (κ3) is 8.49. The van der Waals surface area contributed by atoms with Crippen molar-refractivity contribution in [2.24, 2.45) is 5.92 Å². The summed E-state index contributed by atoms with van der Waals surface area (Å²) in [5, 5.41) is 13.5. The van der Waals surface area contributed by atoms with Gasteiger partial charge in [0.15, 0.2) is 0 Å². The quantitative estimate of drug-likeness (QED) is 0.578. The fourth-order valence-corrected chi connectivity index (χ4v) is 4.53. The fourth-order valence-electron chi connectivity index (χ4n) is 4.53. The van der Waals surface area contributed by atoms with Crippen LogP contribution in [0, 0.1) is 5.92 Å². The lowest BCUT2D eigenvalue weighted by atomic mass is 9.88. The molecule has 2 aliphatic rings. The van der Waals surface area contributed by atoms with Crippen molar-refractivity contribution in [3.63, 3.8) is 0 Å². The average Bonchev–Trinajstić information content (AvgIpc) is 2.70. The number of amides is 1.